The molecule has 194 valence electrons. The van der Waals surface area contributed by atoms with Crippen LogP contribution in [0.25, 0.3) is 21.5 Å². The highest BCUT2D eigenvalue weighted by molar-refractivity contribution is 8.76. The minimum atomic E-state index is 0.217. The SMILES string of the molecule is Oc1ccc2ccccc2c1/C=N/c1ccc(SSc2ccc(/N=C/c3c(O)ccc4ccccc34)cc2)cc1. The summed E-state index contributed by atoms with van der Waals surface area (Å²) in [6.45, 7) is 0. The predicted molar refractivity (Wildman–Crippen MR) is 170 cm³/mol. The van der Waals surface area contributed by atoms with Crippen molar-refractivity contribution in [2.45, 2.75) is 9.79 Å². The van der Waals surface area contributed by atoms with Gasteiger partial charge in [0, 0.05) is 33.3 Å². The molecule has 0 saturated carbocycles. The molecule has 0 amide bonds. The fourth-order valence-corrected chi connectivity index (χ4v) is 6.32. The van der Waals surface area contributed by atoms with Gasteiger partial charge < -0.3 is 10.2 Å². The van der Waals surface area contributed by atoms with E-state index in [9.17, 15) is 10.2 Å². The zero-order valence-electron chi connectivity index (χ0n) is 21.3. The molecule has 2 N–H and O–H groups in total. The van der Waals surface area contributed by atoms with Gasteiger partial charge in [-0.1, -0.05) is 82.3 Å². The van der Waals surface area contributed by atoms with E-state index in [2.05, 4.69) is 9.98 Å². The Morgan fingerprint density at radius 1 is 0.450 bits per heavy atom. The first kappa shape index (κ1) is 25.7. The number of nitrogens with zero attached hydrogens (tertiary/aromatic N) is 2. The van der Waals surface area contributed by atoms with Crippen LogP contribution in [0.4, 0.5) is 11.4 Å². The van der Waals surface area contributed by atoms with Crippen LogP contribution in [0.3, 0.4) is 0 Å². The molecule has 6 rings (SSSR count). The Morgan fingerprint density at radius 2 is 0.850 bits per heavy atom. The van der Waals surface area contributed by atoms with Gasteiger partial charge in [0.05, 0.1) is 11.4 Å². The second-order valence-electron chi connectivity index (χ2n) is 9.11. The molecule has 0 atom stereocenters. The summed E-state index contributed by atoms with van der Waals surface area (Å²) in [5.74, 6) is 0.434. The number of phenolic OH excluding ortho intramolecular Hbond substituents is 2. The van der Waals surface area contributed by atoms with Crippen molar-refractivity contribution in [1.29, 1.82) is 0 Å². The van der Waals surface area contributed by atoms with Crippen LogP contribution in [-0.4, -0.2) is 22.6 Å². The van der Waals surface area contributed by atoms with Crippen molar-refractivity contribution >= 4 is 66.9 Å². The van der Waals surface area contributed by atoms with E-state index in [0.29, 0.717) is 11.1 Å². The molecule has 6 aromatic rings. The average Bonchev–Trinajstić information content (AvgIpc) is 3.00. The van der Waals surface area contributed by atoms with Crippen molar-refractivity contribution in [2.24, 2.45) is 9.98 Å². The van der Waals surface area contributed by atoms with Crippen LogP contribution in [0.2, 0.25) is 0 Å². The Bertz CT molecular complexity index is 1730. The molecule has 0 fully saturated rings. The fraction of sp³-hybridized carbons (Fsp3) is 0. The van der Waals surface area contributed by atoms with Crippen molar-refractivity contribution in [3.05, 3.63) is 132 Å². The molecule has 40 heavy (non-hydrogen) atoms. The minimum Gasteiger partial charge on any atom is -0.507 e. The Balaban J connectivity index is 1.09. The maximum atomic E-state index is 10.3. The lowest BCUT2D eigenvalue weighted by Gasteiger charge is -2.05. The summed E-state index contributed by atoms with van der Waals surface area (Å²) in [7, 11) is 3.35. The van der Waals surface area contributed by atoms with Crippen molar-refractivity contribution < 1.29 is 10.2 Å². The largest absolute Gasteiger partial charge is 0.507 e. The van der Waals surface area contributed by atoms with E-state index in [-0.39, 0.29) is 11.5 Å². The highest BCUT2D eigenvalue weighted by atomic mass is 33.1. The van der Waals surface area contributed by atoms with Crippen LogP contribution < -0.4 is 0 Å². The van der Waals surface area contributed by atoms with Gasteiger partial charge in [-0.05, 0) is 82.2 Å². The zero-order valence-corrected chi connectivity index (χ0v) is 22.9. The molecule has 6 aromatic carbocycles. The molecule has 0 aliphatic heterocycles. The van der Waals surface area contributed by atoms with Crippen molar-refractivity contribution in [2.75, 3.05) is 0 Å². The summed E-state index contributed by atoms with van der Waals surface area (Å²) in [5.41, 5.74) is 3.07. The minimum absolute atomic E-state index is 0.217. The lowest BCUT2D eigenvalue weighted by Crippen LogP contribution is -1.85. The van der Waals surface area contributed by atoms with Crippen LogP contribution in [0.5, 0.6) is 11.5 Å². The molecule has 0 aliphatic rings. The third-order valence-corrected chi connectivity index (χ3v) is 8.91. The molecule has 6 heteroatoms. The van der Waals surface area contributed by atoms with Gasteiger partial charge in [-0.3, -0.25) is 9.98 Å². The maximum Gasteiger partial charge on any atom is 0.124 e. The monoisotopic (exact) mass is 556 g/mol. The summed E-state index contributed by atoms with van der Waals surface area (Å²) >= 11 is 0. The second kappa shape index (κ2) is 11.7. The van der Waals surface area contributed by atoms with E-state index < -0.39 is 0 Å². The van der Waals surface area contributed by atoms with Crippen molar-refractivity contribution in [3.8, 4) is 11.5 Å². The summed E-state index contributed by atoms with van der Waals surface area (Å²) < 4.78 is 0. The van der Waals surface area contributed by atoms with Crippen LogP contribution in [0.15, 0.2) is 141 Å². The first-order valence-corrected chi connectivity index (χ1v) is 14.8. The lowest BCUT2D eigenvalue weighted by atomic mass is 10.0. The lowest BCUT2D eigenvalue weighted by molar-refractivity contribution is 0.475. The van der Waals surface area contributed by atoms with Gasteiger partial charge in [0.2, 0.25) is 0 Å². The number of hydrogen-bond acceptors (Lipinski definition) is 6. The van der Waals surface area contributed by atoms with Gasteiger partial charge in [-0.15, -0.1) is 0 Å². The number of benzene rings is 6. The van der Waals surface area contributed by atoms with Crippen LogP contribution >= 0.6 is 21.6 Å². The molecule has 0 heterocycles. The summed E-state index contributed by atoms with van der Waals surface area (Å²) in [4.78, 5) is 11.4. The van der Waals surface area contributed by atoms with Crippen molar-refractivity contribution in [1.82, 2.24) is 0 Å². The van der Waals surface area contributed by atoms with Gasteiger partial charge in [-0.2, -0.15) is 0 Å². The highest BCUT2D eigenvalue weighted by Crippen LogP contribution is 2.38. The molecule has 0 radical (unpaired) electrons. The molecule has 0 aliphatic carbocycles. The van der Waals surface area contributed by atoms with E-state index >= 15 is 0 Å². The molecule has 4 nitrogen and oxygen atoms in total. The van der Waals surface area contributed by atoms with Crippen LogP contribution in [0.1, 0.15) is 11.1 Å². The number of aliphatic imine (C=N–C) groups is 2. The van der Waals surface area contributed by atoms with Crippen LogP contribution in [-0.2, 0) is 0 Å². The van der Waals surface area contributed by atoms with Crippen LogP contribution in [0, 0.1) is 0 Å². The number of fused-ring (bicyclic) bond motifs is 2. The van der Waals surface area contributed by atoms with E-state index in [1.54, 1.807) is 46.1 Å². The first-order chi connectivity index (χ1) is 19.6. The Hall–Kier alpha value is -4.52. The van der Waals surface area contributed by atoms with Gasteiger partial charge in [0.25, 0.3) is 0 Å². The third kappa shape index (κ3) is 5.73. The number of phenols is 2. The molecule has 0 bridgehead atoms. The normalized spacial score (nSPS) is 11.7. The number of rotatable bonds is 7. The van der Waals surface area contributed by atoms with E-state index in [1.807, 2.05) is 109 Å². The summed E-state index contributed by atoms with van der Waals surface area (Å²) in [5, 5.41) is 24.8. The molecule has 0 aromatic heterocycles. The molecule has 0 spiro atoms. The van der Waals surface area contributed by atoms with Gasteiger partial charge in [0.15, 0.2) is 0 Å². The van der Waals surface area contributed by atoms with Gasteiger partial charge >= 0.3 is 0 Å². The highest BCUT2D eigenvalue weighted by Gasteiger charge is 2.06. The van der Waals surface area contributed by atoms with E-state index in [0.717, 1.165) is 42.7 Å². The Kier molecular flexibility index (Phi) is 7.53. The Morgan fingerprint density at radius 3 is 1.27 bits per heavy atom. The second-order valence-corrected chi connectivity index (χ2v) is 11.4. The smallest absolute Gasteiger partial charge is 0.124 e. The third-order valence-electron chi connectivity index (χ3n) is 6.49. The standard InChI is InChI=1S/C34H24N2O2S2/c37-33-19-9-23-5-1-3-7-29(23)31(33)21-35-25-11-15-27(16-12-25)39-40-28-17-13-26(14-18-28)36-22-32-30-8-4-2-6-24(30)10-20-34(32)38/h1-22,37-38H/b35-21+,36-22+. The van der Waals surface area contributed by atoms with Gasteiger partial charge in [0.1, 0.15) is 11.5 Å². The maximum absolute atomic E-state index is 10.3. The summed E-state index contributed by atoms with van der Waals surface area (Å²) in [6.07, 6.45) is 3.44. The average molecular weight is 557 g/mol. The van der Waals surface area contributed by atoms with Gasteiger partial charge in [-0.25, -0.2) is 0 Å². The molecule has 0 saturated heterocycles. The number of aromatic hydroxyl groups is 2. The fourth-order valence-electron chi connectivity index (χ4n) is 4.39. The number of hydrogen-bond donors (Lipinski definition) is 2. The van der Waals surface area contributed by atoms with E-state index in [1.165, 1.54) is 0 Å². The molecular formula is C34H24N2O2S2. The first-order valence-electron chi connectivity index (χ1n) is 12.7. The summed E-state index contributed by atoms with van der Waals surface area (Å²) in [6, 6.07) is 39.2. The van der Waals surface area contributed by atoms with Crippen molar-refractivity contribution in [3.63, 3.8) is 0 Å². The predicted octanol–water partition coefficient (Wildman–Crippen LogP) is 9.70. The zero-order chi connectivity index (χ0) is 27.3. The molecular weight excluding hydrogens is 533 g/mol. The topological polar surface area (TPSA) is 65.2 Å². The molecule has 0 unspecified atom stereocenters. The van der Waals surface area contributed by atoms with E-state index in [4.69, 9.17) is 0 Å². The quantitative estimate of drug-likeness (QED) is 0.152. The Labute approximate surface area is 240 Å².